The van der Waals surface area contributed by atoms with Gasteiger partial charge < -0.3 is 5.32 Å². The first-order valence-corrected chi connectivity index (χ1v) is 6.94. The van der Waals surface area contributed by atoms with Gasteiger partial charge >= 0.3 is 0 Å². The summed E-state index contributed by atoms with van der Waals surface area (Å²) < 4.78 is 3.24. The Morgan fingerprint density at radius 3 is 2.81 bits per heavy atom. The Labute approximate surface area is 106 Å². The van der Waals surface area contributed by atoms with Gasteiger partial charge in [0.1, 0.15) is 0 Å². The third kappa shape index (κ3) is 2.48. The van der Waals surface area contributed by atoms with Gasteiger partial charge in [-0.05, 0) is 55.1 Å². The fourth-order valence-corrected chi connectivity index (χ4v) is 2.55. The van der Waals surface area contributed by atoms with Crippen LogP contribution in [0.5, 0.6) is 0 Å². The van der Waals surface area contributed by atoms with Crippen molar-refractivity contribution in [3.63, 3.8) is 0 Å². The number of hydrogen-bond donors (Lipinski definition) is 1. The smallest absolute Gasteiger partial charge is 0.0739 e. The Morgan fingerprint density at radius 2 is 2.25 bits per heavy atom. The molecule has 0 aliphatic heterocycles. The molecular weight excluding hydrogens is 266 g/mol. The van der Waals surface area contributed by atoms with Crippen molar-refractivity contribution in [3.05, 3.63) is 15.9 Å². The Bertz CT molecular complexity index is 355. The van der Waals surface area contributed by atoms with Gasteiger partial charge in [-0.1, -0.05) is 6.42 Å². The summed E-state index contributed by atoms with van der Waals surface area (Å²) in [7, 11) is 0. The molecule has 1 aliphatic rings. The summed E-state index contributed by atoms with van der Waals surface area (Å²) >= 11 is 3.62. The second-order valence-electron chi connectivity index (χ2n) is 4.59. The van der Waals surface area contributed by atoms with Crippen LogP contribution < -0.4 is 5.32 Å². The predicted octanol–water partition coefficient (Wildman–Crippen LogP) is 2.86. The minimum Gasteiger partial charge on any atom is -0.311 e. The van der Waals surface area contributed by atoms with E-state index in [1.807, 2.05) is 6.92 Å². The number of rotatable bonds is 5. The molecule has 1 fully saturated rings. The Kier molecular flexibility index (Phi) is 4.03. The van der Waals surface area contributed by atoms with Gasteiger partial charge in [-0.2, -0.15) is 5.10 Å². The van der Waals surface area contributed by atoms with Gasteiger partial charge in [0.05, 0.1) is 15.9 Å². The highest BCUT2D eigenvalue weighted by Crippen LogP contribution is 2.26. The van der Waals surface area contributed by atoms with Crippen molar-refractivity contribution in [2.45, 2.75) is 46.2 Å². The van der Waals surface area contributed by atoms with Crippen LogP contribution in [-0.2, 0) is 13.1 Å². The fraction of sp³-hybridized carbons (Fsp3) is 0.750. The summed E-state index contributed by atoms with van der Waals surface area (Å²) in [6.07, 6.45) is 4.22. The second-order valence-corrected chi connectivity index (χ2v) is 5.38. The number of nitrogens with zero attached hydrogens (tertiary/aromatic N) is 2. The van der Waals surface area contributed by atoms with Crippen LogP contribution in [-0.4, -0.2) is 16.3 Å². The van der Waals surface area contributed by atoms with Crippen molar-refractivity contribution < 1.29 is 0 Å². The lowest BCUT2D eigenvalue weighted by Gasteiger charge is -2.25. The molecule has 4 heteroatoms. The monoisotopic (exact) mass is 285 g/mol. The average molecular weight is 286 g/mol. The Balaban J connectivity index is 1.91. The molecule has 0 saturated heterocycles. The lowest BCUT2D eigenvalue weighted by atomic mass is 9.85. The molecule has 1 aliphatic carbocycles. The summed E-state index contributed by atoms with van der Waals surface area (Å²) in [6.45, 7) is 7.19. The van der Waals surface area contributed by atoms with Gasteiger partial charge in [0.25, 0.3) is 0 Å². The van der Waals surface area contributed by atoms with Crippen molar-refractivity contribution in [3.8, 4) is 0 Å². The third-order valence-corrected chi connectivity index (χ3v) is 4.43. The first kappa shape index (κ1) is 12.1. The van der Waals surface area contributed by atoms with Crippen LogP contribution in [0.3, 0.4) is 0 Å². The first-order chi connectivity index (χ1) is 7.72. The molecule has 0 unspecified atom stereocenters. The van der Waals surface area contributed by atoms with Crippen molar-refractivity contribution >= 4 is 15.9 Å². The topological polar surface area (TPSA) is 29.9 Å². The van der Waals surface area contributed by atoms with E-state index in [4.69, 9.17) is 0 Å². The van der Waals surface area contributed by atoms with Crippen molar-refractivity contribution in [2.24, 2.45) is 5.92 Å². The van der Waals surface area contributed by atoms with Crippen LogP contribution in [0, 0.1) is 12.8 Å². The standard InChI is InChI=1S/C12H20BrN3/c1-3-16-11(12(13)9(2)15-16)8-14-7-10-5-4-6-10/h10,14H,3-8H2,1-2H3. The number of aryl methyl sites for hydroxylation is 2. The Hall–Kier alpha value is -0.350. The van der Waals surface area contributed by atoms with Crippen molar-refractivity contribution in [2.75, 3.05) is 6.54 Å². The van der Waals surface area contributed by atoms with Crippen LogP contribution in [0.4, 0.5) is 0 Å². The van der Waals surface area contributed by atoms with Gasteiger partial charge in [-0.25, -0.2) is 0 Å². The SMILES string of the molecule is CCn1nc(C)c(Br)c1CNCC1CCC1. The lowest BCUT2D eigenvalue weighted by Crippen LogP contribution is -2.27. The van der Waals surface area contributed by atoms with E-state index in [2.05, 4.69) is 38.0 Å². The molecule has 0 spiro atoms. The number of nitrogens with one attached hydrogen (secondary N) is 1. The van der Waals surface area contributed by atoms with E-state index >= 15 is 0 Å². The molecule has 2 rings (SSSR count). The van der Waals surface area contributed by atoms with Gasteiger partial charge in [-0.3, -0.25) is 4.68 Å². The highest BCUT2D eigenvalue weighted by Gasteiger charge is 2.17. The fourth-order valence-electron chi connectivity index (χ4n) is 2.13. The normalized spacial score (nSPS) is 16.4. The summed E-state index contributed by atoms with van der Waals surface area (Å²) in [6, 6.07) is 0. The molecule has 16 heavy (non-hydrogen) atoms. The minimum atomic E-state index is 0.915. The molecule has 1 N–H and O–H groups in total. The van der Waals surface area contributed by atoms with E-state index in [0.29, 0.717) is 0 Å². The molecule has 1 heterocycles. The zero-order valence-electron chi connectivity index (χ0n) is 10.1. The van der Waals surface area contributed by atoms with Crippen LogP contribution in [0.15, 0.2) is 4.47 Å². The minimum absolute atomic E-state index is 0.915. The van der Waals surface area contributed by atoms with Crippen LogP contribution in [0.25, 0.3) is 0 Å². The van der Waals surface area contributed by atoms with E-state index in [0.717, 1.165) is 35.7 Å². The maximum absolute atomic E-state index is 4.49. The molecule has 3 nitrogen and oxygen atoms in total. The zero-order valence-corrected chi connectivity index (χ0v) is 11.7. The van der Waals surface area contributed by atoms with E-state index in [9.17, 15) is 0 Å². The molecule has 0 radical (unpaired) electrons. The van der Waals surface area contributed by atoms with E-state index < -0.39 is 0 Å². The molecule has 1 aromatic heterocycles. The quantitative estimate of drug-likeness (QED) is 0.902. The molecule has 0 atom stereocenters. The van der Waals surface area contributed by atoms with Gasteiger partial charge in [-0.15, -0.1) is 0 Å². The lowest BCUT2D eigenvalue weighted by molar-refractivity contribution is 0.300. The van der Waals surface area contributed by atoms with Crippen LogP contribution in [0.1, 0.15) is 37.6 Å². The summed E-state index contributed by atoms with van der Waals surface area (Å²) in [5, 5.41) is 8.03. The molecule has 90 valence electrons. The van der Waals surface area contributed by atoms with Gasteiger partial charge in [0.15, 0.2) is 0 Å². The maximum Gasteiger partial charge on any atom is 0.0739 e. The second kappa shape index (κ2) is 5.32. The van der Waals surface area contributed by atoms with E-state index in [-0.39, 0.29) is 0 Å². The average Bonchev–Trinajstić information content (AvgIpc) is 2.48. The summed E-state index contributed by atoms with van der Waals surface area (Å²) in [5.74, 6) is 0.915. The van der Waals surface area contributed by atoms with Crippen LogP contribution in [0.2, 0.25) is 0 Å². The zero-order chi connectivity index (χ0) is 11.5. The summed E-state index contributed by atoms with van der Waals surface area (Å²) in [5.41, 5.74) is 2.36. The molecule has 0 amide bonds. The van der Waals surface area contributed by atoms with Crippen molar-refractivity contribution in [1.29, 1.82) is 0 Å². The highest BCUT2D eigenvalue weighted by molar-refractivity contribution is 9.10. The van der Waals surface area contributed by atoms with E-state index in [1.54, 1.807) is 0 Å². The van der Waals surface area contributed by atoms with Crippen molar-refractivity contribution in [1.82, 2.24) is 15.1 Å². The molecule has 1 aromatic rings. The maximum atomic E-state index is 4.49. The van der Waals surface area contributed by atoms with E-state index in [1.165, 1.54) is 25.0 Å². The molecule has 0 aromatic carbocycles. The molecular formula is C12H20BrN3. The van der Waals surface area contributed by atoms with Gasteiger partial charge in [0.2, 0.25) is 0 Å². The predicted molar refractivity (Wildman–Crippen MR) is 69.4 cm³/mol. The summed E-state index contributed by atoms with van der Waals surface area (Å²) in [4.78, 5) is 0. The first-order valence-electron chi connectivity index (χ1n) is 6.14. The van der Waals surface area contributed by atoms with Crippen LogP contribution >= 0.6 is 15.9 Å². The highest BCUT2D eigenvalue weighted by atomic mass is 79.9. The molecule has 1 saturated carbocycles. The Morgan fingerprint density at radius 1 is 1.50 bits per heavy atom. The number of hydrogen-bond acceptors (Lipinski definition) is 2. The molecule has 0 bridgehead atoms. The largest absolute Gasteiger partial charge is 0.311 e. The third-order valence-electron chi connectivity index (χ3n) is 3.40. The van der Waals surface area contributed by atoms with Gasteiger partial charge in [0, 0.05) is 13.1 Å². The number of halogens is 1. The number of aromatic nitrogens is 2.